The summed E-state index contributed by atoms with van der Waals surface area (Å²) in [5.74, 6) is -0.388. The monoisotopic (exact) mass is 966 g/mol. The molecule has 0 aliphatic carbocycles. The van der Waals surface area contributed by atoms with Crippen LogP contribution in [0.25, 0.3) is 54.9 Å². The van der Waals surface area contributed by atoms with Crippen LogP contribution in [0.2, 0.25) is 0 Å². The minimum absolute atomic E-state index is 0.330. The summed E-state index contributed by atoms with van der Waals surface area (Å²) >= 11 is 0. The second-order valence-electron chi connectivity index (χ2n) is 18.3. The Balaban J connectivity index is 0.862. The summed E-state index contributed by atoms with van der Waals surface area (Å²) in [5, 5.41) is 21.3. The molecule has 8 heteroatoms. The van der Waals surface area contributed by atoms with Gasteiger partial charge in [0.05, 0.1) is 33.9 Å². The van der Waals surface area contributed by atoms with Gasteiger partial charge >= 0.3 is 11.9 Å². The maximum atomic E-state index is 14.1. The third-order valence-electron chi connectivity index (χ3n) is 13.2. The highest BCUT2D eigenvalue weighted by Gasteiger charge is 2.23. The van der Waals surface area contributed by atoms with Crippen molar-refractivity contribution in [2.75, 3.05) is 0 Å². The number of azo groups is 2. The van der Waals surface area contributed by atoms with Gasteiger partial charge < -0.3 is 9.47 Å². The van der Waals surface area contributed by atoms with E-state index < -0.39 is 11.9 Å². The molecular weight excluding hydrogens is 913 g/mol. The van der Waals surface area contributed by atoms with Crippen molar-refractivity contribution in [1.82, 2.24) is 0 Å². The highest BCUT2D eigenvalue weighted by Crippen LogP contribution is 2.46. The van der Waals surface area contributed by atoms with Gasteiger partial charge in [-0.15, -0.1) is 0 Å². The van der Waals surface area contributed by atoms with Gasteiger partial charge in [0.25, 0.3) is 0 Å². The van der Waals surface area contributed by atoms with Gasteiger partial charge in [-0.25, -0.2) is 9.59 Å². The molecule has 0 saturated heterocycles. The van der Waals surface area contributed by atoms with Crippen molar-refractivity contribution in [3.05, 3.63) is 241 Å². The van der Waals surface area contributed by atoms with Crippen LogP contribution in [-0.4, -0.2) is 11.9 Å². The lowest BCUT2D eigenvalue weighted by Gasteiger charge is -2.19. The maximum Gasteiger partial charge on any atom is 0.343 e. The van der Waals surface area contributed by atoms with Crippen LogP contribution in [0.1, 0.15) is 71.4 Å². The van der Waals surface area contributed by atoms with E-state index in [4.69, 9.17) is 9.47 Å². The Morgan fingerprint density at radius 2 is 0.662 bits per heavy atom. The Kier molecular flexibility index (Phi) is 15.0. The lowest BCUT2D eigenvalue weighted by Crippen LogP contribution is -2.11. The molecular formula is C66H54N4O4. The van der Waals surface area contributed by atoms with Crippen LogP contribution in [0.15, 0.2) is 239 Å². The smallest absolute Gasteiger partial charge is 0.343 e. The van der Waals surface area contributed by atoms with Gasteiger partial charge in [-0.05, 0) is 166 Å². The van der Waals surface area contributed by atoms with E-state index in [1.165, 1.54) is 36.8 Å². The van der Waals surface area contributed by atoms with Gasteiger partial charge in [-0.1, -0.05) is 160 Å². The molecule has 0 unspecified atom stereocenters. The average molecular weight is 967 g/mol. The molecule has 0 aliphatic heterocycles. The first kappa shape index (κ1) is 48.5. The lowest BCUT2D eigenvalue weighted by atomic mass is 9.92. The Morgan fingerprint density at radius 3 is 1.00 bits per heavy atom. The number of ether oxygens (including phenoxy) is 2. The lowest BCUT2D eigenvalue weighted by molar-refractivity contribution is 0.0723. The molecule has 10 aromatic rings. The second kappa shape index (κ2) is 22.9. The first-order valence-electron chi connectivity index (χ1n) is 25.3. The predicted octanol–water partition coefficient (Wildman–Crippen LogP) is 18.9. The Labute approximate surface area is 431 Å². The van der Waals surface area contributed by atoms with Crippen molar-refractivity contribution in [1.29, 1.82) is 0 Å². The molecule has 0 atom stereocenters. The minimum atomic E-state index is -0.525. The van der Waals surface area contributed by atoms with E-state index in [2.05, 4.69) is 58.6 Å². The van der Waals surface area contributed by atoms with E-state index in [1.54, 1.807) is 36.4 Å². The van der Waals surface area contributed by atoms with Crippen LogP contribution in [0.3, 0.4) is 0 Å². The number of benzene rings is 10. The molecule has 10 rings (SSSR count). The molecule has 0 aromatic heterocycles. The van der Waals surface area contributed by atoms with Crippen molar-refractivity contribution in [2.45, 2.75) is 52.4 Å². The van der Waals surface area contributed by atoms with E-state index in [1.807, 2.05) is 158 Å². The van der Waals surface area contributed by atoms with Gasteiger partial charge in [0.2, 0.25) is 0 Å². The maximum absolute atomic E-state index is 14.1. The number of aryl methyl sites for hydroxylation is 2. The molecule has 0 spiro atoms. The summed E-state index contributed by atoms with van der Waals surface area (Å²) in [6.07, 6.45) is 6.81. The fourth-order valence-corrected chi connectivity index (χ4v) is 9.00. The molecule has 74 heavy (non-hydrogen) atoms. The number of rotatable bonds is 17. The molecule has 0 fully saturated rings. The highest BCUT2D eigenvalue weighted by atomic mass is 16.5. The normalized spacial score (nSPS) is 11.4. The van der Waals surface area contributed by atoms with Gasteiger partial charge in [0, 0.05) is 11.1 Å². The molecule has 0 saturated carbocycles. The van der Waals surface area contributed by atoms with Crippen molar-refractivity contribution in [2.24, 2.45) is 20.5 Å². The largest absolute Gasteiger partial charge is 0.422 e. The van der Waals surface area contributed by atoms with Gasteiger partial charge in [0.15, 0.2) is 0 Å². The average Bonchev–Trinajstić information content (AvgIpc) is 3.46. The van der Waals surface area contributed by atoms with Gasteiger partial charge in [0.1, 0.15) is 11.5 Å². The van der Waals surface area contributed by atoms with Gasteiger partial charge in [-0.2, -0.15) is 20.5 Å². The first-order chi connectivity index (χ1) is 36.4. The summed E-state index contributed by atoms with van der Waals surface area (Å²) in [4.78, 5) is 28.2. The fourth-order valence-electron chi connectivity index (χ4n) is 9.00. The van der Waals surface area contributed by atoms with E-state index in [0.29, 0.717) is 33.8 Å². The Hall–Kier alpha value is -9.14. The van der Waals surface area contributed by atoms with Crippen molar-refractivity contribution >= 4 is 56.2 Å². The quantitative estimate of drug-likeness (QED) is 0.0515. The van der Waals surface area contributed by atoms with E-state index in [9.17, 15) is 9.59 Å². The van der Waals surface area contributed by atoms with E-state index in [0.717, 1.165) is 79.4 Å². The van der Waals surface area contributed by atoms with Crippen molar-refractivity contribution in [3.63, 3.8) is 0 Å². The number of carbonyl (C=O) groups is 2. The number of carbonyl (C=O) groups excluding carboxylic acids is 2. The molecule has 362 valence electrons. The number of fused-ring (bicyclic) bond motifs is 2. The summed E-state index contributed by atoms with van der Waals surface area (Å²) in [7, 11) is 0. The van der Waals surface area contributed by atoms with Crippen LogP contribution in [0.4, 0.5) is 22.7 Å². The zero-order chi connectivity index (χ0) is 50.6. The third kappa shape index (κ3) is 11.5. The molecule has 0 heterocycles. The van der Waals surface area contributed by atoms with Crippen molar-refractivity contribution in [3.8, 4) is 44.9 Å². The standard InChI is InChI=1S/C66H54N4O4/c1-3-5-11-45-17-35-55(36-18-45)67-69-57-39-29-49(30-40-57)47-21-25-53(26-22-47)65(71)73-61-43-33-51-13-7-9-15-59(51)63(61)64-60-16-10-8-14-52(60)34-44-62(64)74-66(72)54-27-23-48(24-28-54)50-31-41-58(42-32-50)70-68-56-37-19-46(20-38-56)12-6-4-2/h7-10,13-44H,3-6,11-12H2,1-2H3. The summed E-state index contributed by atoms with van der Waals surface area (Å²) in [6.45, 7) is 4.39. The third-order valence-corrected chi connectivity index (χ3v) is 13.2. The van der Waals surface area contributed by atoms with Crippen LogP contribution < -0.4 is 9.47 Å². The van der Waals surface area contributed by atoms with Gasteiger partial charge in [-0.3, -0.25) is 0 Å². The Morgan fingerprint density at radius 1 is 0.351 bits per heavy atom. The summed E-state index contributed by atoms with van der Waals surface area (Å²) < 4.78 is 12.7. The van der Waals surface area contributed by atoms with E-state index in [-0.39, 0.29) is 0 Å². The molecule has 0 bridgehead atoms. The molecule has 0 N–H and O–H groups in total. The Bertz CT molecular complexity index is 3380. The predicted molar refractivity (Wildman–Crippen MR) is 299 cm³/mol. The molecule has 8 nitrogen and oxygen atoms in total. The summed E-state index contributed by atoms with van der Waals surface area (Å²) in [6, 6.07) is 70.1. The van der Waals surface area contributed by atoms with Crippen molar-refractivity contribution < 1.29 is 19.1 Å². The molecule has 0 amide bonds. The first-order valence-corrected chi connectivity index (χ1v) is 25.3. The SMILES string of the molecule is CCCCc1ccc(N=Nc2ccc(-c3ccc(C(=O)Oc4ccc5ccccc5c4-c4c(OC(=O)c5ccc(-c6ccc(N=Nc7ccc(CCCC)cc7)cc6)cc5)ccc5ccccc45)cc3)cc2)cc1. The number of unbranched alkanes of at least 4 members (excludes halogenated alkanes) is 2. The second-order valence-corrected chi connectivity index (χ2v) is 18.3. The van der Waals surface area contributed by atoms with Crippen LogP contribution >= 0.6 is 0 Å². The minimum Gasteiger partial charge on any atom is -0.422 e. The number of esters is 2. The van der Waals surface area contributed by atoms with Crippen LogP contribution in [-0.2, 0) is 12.8 Å². The number of hydrogen-bond donors (Lipinski definition) is 0. The summed E-state index contributed by atoms with van der Waals surface area (Å²) in [5.41, 5.74) is 11.6. The molecule has 0 aliphatic rings. The molecule has 0 radical (unpaired) electrons. The number of hydrogen-bond acceptors (Lipinski definition) is 8. The van der Waals surface area contributed by atoms with E-state index >= 15 is 0 Å². The molecule has 10 aromatic carbocycles. The zero-order valence-electron chi connectivity index (χ0n) is 41.4. The van der Waals surface area contributed by atoms with Crippen LogP contribution in [0, 0.1) is 0 Å². The topological polar surface area (TPSA) is 102 Å². The zero-order valence-corrected chi connectivity index (χ0v) is 41.4. The fraction of sp³-hybridized carbons (Fsp3) is 0.121. The number of nitrogens with zero attached hydrogens (tertiary/aromatic N) is 4. The highest BCUT2D eigenvalue weighted by molar-refractivity contribution is 6.11. The van der Waals surface area contributed by atoms with Crippen LogP contribution in [0.5, 0.6) is 11.5 Å².